The van der Waals surface area contributed by atoms with Crippen LogP contribution in [0.2, 0.25) is 0 Å². The van der Waals surface area contributed by atoms with Crippen molar-refractivity contribution in [3.05, 3.63) is 53.6 Å². The maximum absolute atomic E-state index is 11.8. The smallest absolute Gasteiger partial charge is 0.316 e. The number of aryl methyl sites for hydroxylation is 2. The van der Waals surface area contributed by atoms with Crippen LogP contribution in [-0.2, 0) is 24.3 Å². The first-order valence-electron chi connectivity index (χ1n) is 7.93. The molecule has 0 atom stereocenters. The highest BCUT2D eigenvalue weighted by atomic mass is 32.2. The molecule has 0 saturated heterocycles. The summed E-state index contributed by atoms with van der Waals surface area (Å²) < 4.78 is 27.3. The fourth-order valence-corrected chi connectivity index (χ4v) is 3.37. The molecule has 0 bridgehead atoms. The minimum atomic E-state index is -3.79. The van der Waals surface area contributed by atoms with Crippen LogP contribution in [-0.4, -0.2) is 32.7 Å². The zero-order valence-electron chi connectivity index (χ0n) is 14.9. The molecule has 0 radical (unpaired) electrons. The number of esters is 1. The molecule has 0 saturated carbocycles. The summed E-state index contributed by atoms with van der Waals surface area (Å²) in [7, 11) is -3.79. The number of ether oxygens (including phenoxy) is 1. The number of carbonyl (C=O) groups excluding carboxylic acids is 2. The number of sulfonamides is 1. The molecule has 7 nitrogen and oxygen atoms in total. The SMILES string of the molecule is Cc1ccc(SCC(=O)OCC(=O)Nc2ccc(S(N)(=O)=O)cc2)cc1C. The standard InChI is InChI=1S/C18H20N2O5S2/c1-12-3-6-15(9-13(12)2)26-11-18(22)25-10-17(21)20-14-4-7-16(8-5-14)27(19,23)24/h3-9H,10-11H2,1-2H3,(H,20,21)(H2,19,23,24). The monoisotopic (exact) mass is 408 g/mol. The number of primary sulfonamides is 1. The van der Waals surface area contributed by atoms with Gasteiger partial charge in [-0.25, -0.2) is 13.6 Å². The molecule has 0 spiro atoms. The maximum atomic E-state index is 11.8. The van der Waals surface area contributed by atoms with Crippen LogP contribution in [0.1, 0.15) is 11.1 Å². The predicted molar refractivity (Wildman–Crippen MR) is 104 cm³/mol. The third kappa shape index (κ3) is 6.70. The van der Waals surface area contributed by atoms with E-state index < -0.39 is 28.5 Å². The lowest BCUT2D eigenvalue weighted by Gasteiger charge is -2.08. The van der Waals surface area contributed by atoms with Gasteiger partial charge in [0, 0.05) is 10.6 Å². The first kappa shape index (κ1) is 20.9. The second-order valence-corrected chi connectivity index (χ2v) is 8.42. The number of nitrogens with two attached hydrogens (primary N) is 1. The molecule has 27 heavy (non-hydrogen) atoms. The van der Waals surface area contributed by atoms with E-state index in [-0.39, 0.29) is 10.6 Å². The number of hydrogen-bond acceptors (Lipinski definition) is 6. The van der Waals surface area contributed by atoms with E-state index in [9.17, 15) is 18.0 Å². The second-order valence-electron chi connectivity index (χ2n) is 5.81. The van der Waals surface area contributed by atoms with Gasteiger partial charge in [-0.1, -0.05) is 6.07 Å². The number of amides is 1. The van der Waals surface area contributed by atoms with Gasteiger partial charge in [0.05, 0.1) is 10.6 Å². The van der Waals surface area contributed by atoms with Crippen molar-refractivity contribution in [1.29, 1.82) is 0 Å². The summed E-state index contributed by atoms with van der Waals surface area (Å²) in [5.41, 5.74) is 2.69. The number of thioether (sulfide) groups is 1. The van der Waals surface area contributed by atoms with Crippen LogP contribution in [0.3, 0.4) is 0 Å². The van der Waals surface area contributed by atoms with Crippen molar-refractivity contribution >= 4 is 39.3 Å². The zero-order valence-corrected chi connectivity index (χ0v) is 16.5. The minimum absolute atomic E-state index is 0.0599. The fraction of sp³-hybridized carbons (Fsp3) is 0.222. The van der Waals surface area contributed by atoms with Gasteiger partial charge in [-0.3, -0.25) is 9.59 Å². The number of anilines is 1. The second kappa shape index (κ2) is 9.03. The van der Waals surface area contributed by atoms with Crippen molar-refractivity contribution in [3.8, 4) is 0 Å². The van der Waals surface area contributed by atoms with E-state index >= 15 is 0 Å². The number of nitrogens with one attached hydrogen (secondary N) is 1. The number of carbonyl (C=O) groups is 2. The molecule has 2 aromatic carbocycles. The first-order valence-corrected chi connectivity index (χ1v) is 10.5. The quantitative estimate of drug-likeness (QED) is 0.536. The predicted octanol–water partition coefficient (Wildman–Crippen LogP) is 2.22. The van der Waals surface area contributed by atoms with E-state index in [1.165, 1.54) is 41.6 Å². The van der Waals surface area contributed by atoms with Crippen molar-refractivity contribution in [2.24, 2.45) is 5.14 Å². The van der Waals surface area contributed by atoms with Crippen LogP contribution >= 0.6 is 11.8 Å². The van der Waals surface area contributed by atoms with Crippen LogP contribution in [0.5, 0.6) is 0 Å². The Balaban J connectivity index is 1.77. The normalized spacial score (nSPS) is 11.1. The van der Waals surface area contributed by atoms with Gasteiger partial charge in [0.15, 0.2) is 6.61 Å². The molecule has 0 fully saturated rings. The lowest BCUT2D eigenvalue weighted by atomic mass is 10.1. The largest absolute Gasteiger partial charge is 0.455 e. The highest BCUT2D eigenvalue weighted by molar-refractivity contribution is 8.00. The molecular weight excluding hydrogens is 388 g/mol. The van der Waals surface area contributed by atoms with Crippen LogP contribution < -0.4 is 10.5 Å². The third-order valence-corrected chi connectivity index (χ3v) is 5.56. The van der Waals surface area contributed by atoms with Crippen molar-refractivity contribution in [3.63, 3.8) is 0 Å². The topological polar surface area (TPSA) is 116 Å². The lowest BCUT2D eigenvalue weighted by molar-refractivity contribution is -0.144. The number of rotatable bonds is 7. The lowest BCUT2D eigenvalue weighted by Crippen LogP contribution is -2.21. The van der Waals surface area contributed by atoms with Gasteiger partial charge >= 0.3 is 5.97 Å². The molecule has 0 aromatic heterocycles. The zero-order chi connectivity index (χ0) is 20.0. The molecule has 9 heteroatoms. The Morgan fingerprint density at radius 3 is 2.33 bits per heavy atom. The molecular formula is C18H20N2O5S2. The Morgan fingerprint density at radius 1 is 1.07 bits per heavy atom. The molecule has 2 aromatic rings. The van der Waals surface area contributed by atoms with E-state index in [2.05, 4.69) is 5.32 Å². The van der Waals surface area contributed by atoms with Crippen LogP contribution in [0.25, 0.3) is 0 Å². The highest BCUT2D eigenvalue weighted by Crippen LogP contribution is 2.21. The third-order valence-electron chi connectivity index (χ3n) is 3.67. The summed E-state index contributed by atoms with van der Waals surface area (Å²) in [4.78, 5) is 24.5. The number of hydrogen-bond donors (Lipinski definition) is 2. The average molecular weight is 409 g/mol. The summed E-state index contributed by atoms with van der Waals surface area (Å²) >= 11 is 1.34. The van der Waals surface area contributed by atoms with Gasteiger partial charge in [0.1, 0.15) is 0 Å². The fourth-order valence-electron chi connectivity index (χ4n) is 2.06. The Labute approximate surface area is 162 Å². The van der Waals surface area contributed by atoms with Gasteiger partial charge in [-0.15, -0.1) is 11.8 Å². The van der Waals surface area contributed by atoms with Crippen molar-refractivity contribution in [1.82, 2.24) is 0 Å². The molecule has 0 unspecified atom stereocenters. The molecule has 1 amide bonds. The molecule has 0 aliphatic rings. The van der Waals surface area contributed by atoms with Gasteiger partial charge in [0.2, 0.25) is 10.0 Å². The van der Waals surface area contributed by atoms with Gasteiger partial charge < -0.3 is 10.1 Å². The van der Waals surface area contributed by atoms with E-state index in [0.717, 1.165) is 10.5 Å². The first-order chi connectivity index (χ1) is 12.6. The average Bonchev–Trinajstić information content (AvgIpc) is 2.60. The van der Waals surface area contributed by atoms with Crippen LogP contribution in [0.4, 0.5) is 5.69 Å². The van der Waals surface area contributed by atoms with Crippen LogP contribution in [0.15, 0.2) is 52.3 Å². The Kier molecular flexibility index (Phi) is 7.00. The van der Waals surface area contributed by atoms with Crippen molar-refractivity contribution in [2.75, 3.05) is 17.7 Å². The summed E-state index contributed by atoms with van der Waals surface area (Å²) in [5, 5.41) is 7.51. The Bertz CT molecular complexity index is 941. The van der Waals surface area contributed by atoms with E-state index in [4.69, 9.17) is 9.88 Å². The molecule has 0 aliphatic carbocycles. The van der Waals surface area contributed by atoms with Gasteiger partial charge in [0.25, 0.3) is 5.91 Å². The van der Waals surface area contributed by atoms with E-state index in [1.807, 2.05) is 32.0 Å². The van der Waals surface area contributed by atoms with Crippen molar-refractivity contribution < 1.29 is 22.7 Å². The Morgan fingerprint density at radius 2 is 1.74 bits per heavy atom. The Hall–Kier alpha value is -2.36. The minimum Gasteiger partial charge on any atom is -0.455 e. The van der Waals surface area contributed by atoms with Crippen molar-refractivity contribution in [2.45, 2.75) is 23.6 Å². The van der Waals surface area contributed by atoms with Gasteiger partial charge in [-0.2, -0.15) is 0 Å². The molecule has 0 heterocycles. The van der Waals surface area contributed by atoms with Crippen LogP contribution in [0, 0.1) is 13.8 Å². The molecule has 144 valence electrons. The summed E-state index contributed by atoms with van der Waals surface area (Å²) in [6.45, 7) is 3.58. The molecule has 0 aliphatic heterocycles. The number of benzene rings is 2. The summed E-state index contributed by atoms with van der Waals surface area (Å²) in [5.74, 6) is -0.931. The highest BCUT2D eigenvalue weighted by Gasteiger charge is 2.11. The van der Waals surface area contributed by atoms with E-state index in [1.54, 1.807) is 0 Å². The summed E-state index contributed by atoms with van der Waals surface area (Å²) in [6, 6.07) is 11.2. The maximum Gasteiger partial charge on any atom is 0.316 e. The molecule has 2 rings (SSSR count). The van der Waals surface area contributed by atoms with E-state index in [0.29, 0.717) is 5.69 Å². The summed E-state index contributed by atoms with van der Waals surface area (Å²) in [6.07, 6.45) is 0. The molecule has 3 N–H and O–H groups in total. The van der Waals surface area contributed by atoms with Gasteiger partial charge in [-0.05, 0) is 61.4 Å².